The van der Waals surface area contributed by atoms with Crippen LogP contribution in [0.4, 0.5) is 0 Å². The molecule has 0 bridgehead atoms. The van der Waals surface area contributed by atoms with Crippen molar-refractivity contribution in [2.45, 2.75) is 13.0 Å². The largest absolute Gasteiger partial charge is 0.383 e. The molecule has 0 radical (unpaired) electrons. The Labute approximate surface area is 110 Å². The Hall–Kier alpha value is -2.14. The lowest BCUT2D eigenvalue weighted by atomic mass is 10.1. The molecule has 0 unspecified atom stereocenters. The molecular weight excluding hydrogens is 244 g/mol. The van der Waals surface area contributed by atoms with Gasteiger partial charge in [-0.25, -0.2) is 0 Å². The Morgan fingerprint density at radius 1 is 1.37 bits per heavy atom. The first-order valence-electron chi connectivity index (χ1n) is 6.03. The summed E-state index contributed by atoms with van der Waals surface area (Å²) in [6.45, 7) is 2.15. The number of fused-ring (bicyclic) bond motifs is 1. The van der Waals surface area contributed by atoms with Crippen LogP contribution < -0.4 is 5.32 Å². The minimum Gasteiger partial charge on any atom is -0.383 e. The molecule has 0 fully saturated rings. The van der Waals surface area contributed by atoms with Gasteiger partial charge in [0.25, 0.3) is 11.7 Å². The normalized spacial score (nSPS) is 12.3. The number of Topliss-reactive ketones (excluding diaryl/α,β-unsaturated/α-hetero) is 1. The number of aromatic amines is 1. The van der Waals surface area contributed by atoms with E-state index in [9.17, 15) is 9.59 Å². The monoisotopic (exact) mass is 260 g/mol. The zero-order chi connectivity index (χ0) is 13.8. The number of amides is 1. The van der Waals surface area contributed by atoms with E-state index >= 15 is 0 Å². The number of hydrogen-bond donors (Lipinski definition) is 2. The van der Waals surface area contributed by atoms with E-state index in [4.69, 9.17) is 4.74 Å². The fourth-order valence-electron chi connectivity index (χ4n) is 1.96. The summed E-state index contributed by atoms with van der Waals surface area (Å²) in [5.41, 5.74) is 1.22. The molecule has 0 aliphatic rings. The van der Waals surface area contributed by atoms with Crippen LogP contribution in [0.5, 0.6) is 0 Å². The molecule has 0 saturated heterocycles. The molecule has 1 heterocycles. The van der Waals surface area contributed by atoms with E-state index < -0.39 is 11.7 Å². The fraction of sp³-hybridized carbons (Fsp3) is 0.286. The van der Waals surface area contributed by atoms with Gasteiger partial charge in [0.2, 0.25) is 0 Å². The summed E-state index contributed by atoms with van der Waals surface area (Å²) in [6.07, 6.45) is 1.56. The smallest absolute Gasteiger partial charge is 0.292 e. The third-order valence-electron chi connectivity index (χ3n) is 2.83. The van der Waals surface area contributed by atoms with Gasteiger partial charge in [-0.15, -0.1) is 0 Å². The number of carbonyl (C=O) groups is 2. The van der Waals surface area contributed by atoms with Gasteiger partial charge in [0.1, 0.15) is 0 Å². The van der Waals surface area contributed by atoms with Gasteiger partial charge in [-0.2, -0.15) is 0 Å². The van der Waals surface area contributed by atoms with Crippen LogP contribution in [-0.2, 0) is 9.53 Å². The van der Waals surface area contributed by atoms with E-state index in [-0.39, 0.29) is 6.04 Å². The Morgan fingerprint density at radius 2 is 2.11 bits per heavy atom. The molecule has 19 heavy (non-hydrogen) atoms. The SMILES string of the molecule is COC[C@H](C)NC(=O)C(=O)c1c[nH]c2ccccc12. The maximum absolute atomic E-state index is 12.1. The average Bonchev–Trinajstić information content (AvgIpc) is 2.81. The molecule has 1 aromatic heterocycles. The summed E-state index contributed by atoms with van der Waals surface area (Å²) in [5.74, 6) is -1.16. The molecule has 1 atom stereocenters. The predicted molar refractivity (Wildman–Crippen MR) is 72.1 cm³/mol. The van der Waals surface area contributed by atoms with Crippen molar-refractivity contribution in [2.75, 3.05) is 13.7 Å². The Kier molecular flexibility index (Phi) is 3.97. The van der Waals surface area contributed by atoms with Gasteiger partial charge in [0, 0.05) is 30.3 Å². The van der Waals surface area contributed by atoms with Gasteiger partial charge >= 0.3 is 0 Å². The van der Waals surface area contributed by atoms with E-state index in [1.807, 2.05) is 24.3 Å². The summed E-state index contributed by atoms with van der Waals surface area (Å²) < 4.78 is 4.91. The van der Waals surface area contributed by atoms with E-state index in [0.717, 1.165) is 10.9 Å². The van der Waals surface area contributed by atoms with Crippen molar-refractivity contribution in [3.63, 3.8) is 0 Å². The molecule has 5 nitrogen and oxygen atoms in total. The second-order valence-corrected chi connectivity index (χ2v) is 4.41. The van der Waals surface area contributed by atoms with Gasteiger partial charge in [0.05, 0.1) is 12.2 Å². The van der Waals surface area contributed by atoms with Crippen molar-refractivity contribution in [1.29, 1.82) is 0 Å². The van der Waals surface area contributed by atoms with Gasteiger partial charge in [0.15, 0.2) is 0 Å². The molecule has 2 aromatic rings. The Bertz CT molecular complexity index is 604. The molecule has 1 aromatic carbocycles. The van der Waals surface area contributed by atoms with Gasteiger partial charge in [-0.05, 0) is 13.0 Å². The summed E-state index contributed by atoms with van der Waals surface area (Å²) in [6, 6.07) is 7.17. The standard InChI is InChI=1S/C14H16N2O3/c1-9(8-19-2)16-14(18)13(17)11-7-15-12-6-4-3-5-10(11)12/h3-7,9,15H,8H2,1-2H3,(H,16,18)/t9-/m0/s1. The maximum atomic E-state index is 12.1. The molecule has 0 aliphatic carbocycles. The number of benzene rings is 1. The maximum Gasteiger partial charge on any atom is 0.292 e. The number of rotatable bonds is 5. The number of hydrogen-bond acceptors (Lipinski definition) is 3. The number of para-hydroxylation sites is 1. The first kappa shape index (κ1) is 13.3. The van der Waals surface area contributed by atoms with Crippen LogP contribution in [0.2, 0.25) is 0 Å². The van der Waals surface area contributed by atoms with Crippen molar-refractivity contribution in [3.8, 4) is 0 Å². The second kappa shape index (κ2) is 5.67. The average molecular weight is 260 g/mol. The number of methoxy groups -OCH3 is 1. The summed E-state index contributed by atoms with van der Waals surface area (Å²) in [4.78, 5) is 26.9. The lowest BCUT2D eigenvalue weighted by molar-refractivity contribution is -0.117. The summed E-state index contributed by atoms with van der Waals surface area (Å²) >= 11 is 0. The highest BCUT2D eigenvalue weighted by molar-refractivity contribution is 6.45. The molecule has 2 rings (SSSR count). The van der Waals surface area contributed by atoms with E-state index in [2.05, 4.69) is 10.3 Å². The van der Waals surface area contributed by atoms with Crippen LogP contribution in [0.3, 0.4) is 0 Å². The van der Waals surface area contributed by atoms with Crippen molar-refractivity contribution >= 4 is 22.6 Å². The lowest BCUT2D eigenvalue weighted by Crippen LogP contribution is -2.39. The van der Waals surface area contributed by atoms with Crippen LogP contribution >= 0.6 is 0 Å². The molecule has 100 valence electrons. The van der Waals surface area contributed by atoms with Crippen LogP contribution in [-0.4, -0.2) is 36.4 Å². The van der Waals surface area contributed by atoms with Crippen LogP contribution in [0.15, 0.2) is 30.5 Å². The number of H-pyrrole nitrogens is 1. The number of aromatic nitrogens is 1. The van der Waals surface area contributed by atoms with E-state index in [0.29, 0.717) is 12.2 Å². The number of ketones is 1. The van der Waals surface area contributed by atoms with Crippen LogP contribution in [0.25, 0.3) is 10.9 Å². The van der Waals surface area contributed by atoms with Crippen molar-refractivity contribution in [3.05, 3.63) is 36.0 Å². The lowest BCUT2D eigenvalue weighted by Gasteiger charge is -2.11. The topological polar surface area (TPSA) is 71.2 Å². The highest BCUT2D eigenvalue weighted by atomic mass is 16.5. The van der Waals surface area contributed by atoms with Gasteiger partial charge in [-0.3, -0.25) is 9.59 Å². The molecule has 0 spiro atoms. The molecule has 0 saturated carbocycles. The summed E-state index contributed by atoms with van der Waals surface area (Å²) in [7, 11) is 1.55. The molecule has 5 heteroatoms. The number of ether oxygens (including phenoxy) is 1. The zero-order valence-electron chi connectivity index (χ0n) is 10.9. The number of carbonyl (C=O) groups excluding carboxylic acids is 2. The van der Waals surface area contributed by atoms with Crippen LogP contribution in [0, 0.1) is 0 Å². The van der Waals surface area contributed by atoms with E-state index in [1.165, 1.54) is 0 Å². The van der Waals surface area contributed by atoms with Crippen molar-refractivity contribution in [2.24, 2.45) is 0 Å². The molecular formula is C14H16N2O3. The first-order chi connectivity index (χ1) is 9.13. The van der Waals surface area contributed by atoms with Crippen molar-refractivity contribution < 1.29 is 14.3 Å². The van der Waals surface area contributed by atoms with Crippen molar-refractivity contribution in [1.82, 2.24) is 10.3 Å². The molecule has 1 amide bonds. The van der Waals surface area contributed by atoms with Gasteiger partial charge in [-0.1, -0.05) is 18.2 Å². The first-order valence-corrected chi connectivity index (χ1v) is 6.03. The number of nitrogens with one attached hydrogen (secondary N) is 2. The highest BCUT2D eigenvalue weighted by Gasteiger charge is 2.20. The van der Waals surface area contributed by atoms with E-state index in [1.54, 1.807) is 20.2 Å². The second-order valence-electron chi connectivity index (χ2n) is 4.41. The minimum absolute atomic E-state index is 0.202. The predicted octanol–water partition coefficient (Wildman–Crippen LogP) is 1.50. The Morgan fingerprint density at radius 3 is 2.84 bits per heavy atom. The summed E-state index contributed by atoms with van der Waals surface area (Å²) in [5, 5.41) is 3.36. The third kappa shape index (κ3) is 2.82. The molecule has 0 aliphatic heterocycles. The third-order valence-corrected chi connectivity index (χ3v) is 2.83. The molecule has 2 N–H and O–H groups in total. The fourth-order valence-corrected chi connectivity index (χ4v) is 1.96. The van der Waals surface area contributed by atoms with Crippen LogP contribution in [0.1, 0.15) is 17.3 Å². The minimum atomic E-state index is -0.616. The highest BCUT2D eigenvalue weighted by Crippen LogP contribution is 2.18. The van der Waals surface area contributed by atoms with Gasteiger partial charge < -0.3 is 15.0 Å². The Balaban J connectivity index is 2.17. The zero-order valence-corrected chi connectivity index (χ0v) is 10.9. The quantitative estimate of drug-likeness (QED) is 0.632.